The van der Waals surface area contributed by atoms with Crippen molar-refractivity contribution in [2.75, 3.05) is 58.0 Å². The third-order valence-electron chi connectivity index (χ3n) is 8.89. The first-order valence-corrected chi connectivity index (χ1v) is 14.9. The topological polar surface area (TPSA) is 89.5 Å². The Balaban J connectivity index is 1.29. The zero-order chi connectivity index (χ0) is 29.8. The number of carbonyl (C=O) groups is 1. The summed E-state index contributed by atoms with van der Waals surface area (Å²) in [4.78, 5) is 28.4. The number of nitrogens with zero attached hydrogens (tertiary/aromatic N) is 5. The number of rotatable bonds is 7. The number of hydrogen-bond acceptors (Lipinski definition) is 9. The first-order chi connectivity index (χ1) is 20.0. The molecule has 3 saturated heterocycles. The normalized spacial score (nSPS) is 25.5. The Labute approximate surface area is 245 Å². The van der Waals surface area contributed by atoms with Crippen LogP contribution in [0.25, 0.3) is 10.9 Å². The molecule has 1 aliphatic carbocycles. The number of piperazine rings is 1. The SMILES string of the molecule is COc1c(F)cc(F)c2nc(OCC3(CN4CCOC[C@H]4C)CC3)nc(N3CC4CCC(C3)N4C(=O)OC(C)(C)C)c12. The van der Waals surface area contributed by atoms with Gasteiger partial charge in [-0.2, -0.15) is 9.97 Å². The number of amides is 1. The highest BCUT2D eigenvalue weighted by molar-refractivity contribution is 5.96. The molecule has 0 N–H and O–H groups in total. The van der Waals surface area contributed by atoms with Gasteiger partial charge >= 0.3 is 12.1 Å². The number of carbonyl (C=O) groups excluding carboxylic acids is 1. The van der Waals surface area contributed by atoms with Crippen LogP contribution in [-0.2, 0) is 9.47 Å². The lowest BCUT2D eigenvalue weighted by Gasteiger charge is -2.42. The first kappa shape index (κ1) is 29.1. The van der Waals surface area contributed by atoms with Gasteiger partial charge in [0.1, 0.15) is 16.9 Å². The molecule has 1 amide bonds. The van der Waals surface area contributed by atoms with Crippen molar-refractivity contribution in [1.82, 2.24) is 19.8 Å². The van der Waals surface area contributed by atoms with Crippen molar-refractivity contribution >= 4 is 22.8 Å². The highest BCUT2D eigenvalue weighted by atomic mass is 19.1. The van der Waals surface area contributed by atoms with E-state index in [1.165, 1.54) is 7.11 Å². The maximum absolute atomic E-state index is 15.3. The summed E-state index contributed by atoms with van der Waals surface area (Å²) < 4.78 is 53.1. The summed E-state index contributed by atoms with van der Waals surface area (Å²) >= 11 is 0. The lowest BCUT2D eigenvalue weighted by Crippen LogP contribution is -2.57. The fraction of sp³-hybridized carbons (Fsp3) is 0.700. The molecule has 1 aromatic carbocycles. The number of ether oxygens (including phenoxy) is 4. The Morgan fingerprint density at radius 2 is 1.86 bits per heavy atom. The number of halogens is 2. The van der Waals surface area contributed by atoms with Crippen LogP contribution in [0.5, 0.6) is 11.8 Å². The quantitative estimate of drug-likeness (QED) is 0.467. The van der Waals surface area contributed by atoms with Crippen LogP contribution in [0.1, 0.15) is 53.4 Å². The largest absolute Gasteiger partial charge is 0.493 e. The lowest BCUT2D eigenvalue weighted by molar-refractivity contribution is -0.0134. The van der Waals surface area contributed by atoms with Crippen molar-refractivity contribution in [2.45, 2.75) is 77.1 Å². The van der Waals surface area contributed by atoms with Crippen LogP contribution in [0.3, 0.4) is 0 Å². The minimum atomic E-state index is -0.826. The van der Waals surface area contributed by atoms with E-state index in [1.807, 2.05) is 30.6 Å². The Kier molecular flexibility index (Phi) is 7.57. The number of benzene rings is 1. The molecule has 1 aromatic heterocycles. The van der Waals surface area contributed by atoms with Crippen LogP contribution in [-0.4, -0.2) is 103 Å². The molecule has 2 unspecified atom stereocenters. The Bertz CT molecular complexity index is 1340. The molecule has 2 aromatic rings. The van der Waals surface area contributed by atoms with Gasteiger partial charge in [-0.05, 0) is 53.4 Å². The minimum Gasteiger partial charge on any atom is -0.493 e. The zero-order valence-electron chi connectivity index (χ0n) is 25.1. The Morgan fingerprint density at radius 1 is 1.14 bits per heavy atom. The smallest absolute Gasteiger partial charge is 0.410 e. The Hall–Kier alpha value is -2.99. The van der Waals surface area contributed by atoms with Crippen LogP contribution >= 0.6 is 0 Å². The van der Waals surface area contributed by atoms with E-state index < -0.39 is 17.2 Å². The van der Waals surface area contributed by atoms with Crippen LogP contribution in [0, 0.1) is 17.0 Å². The van der Waals surface area contributed by atoms with Gasteiger partial charge in [-0.3, -0.25) is 9.80 Å². The highest BCUT2D eigenvalue weighted by Gasteiger charge is 2.47. The van der Waals surface area contributed by atoms with E-state index in [2.05, 4.69) is 16.8 Å². The van der Waals surface area contributed by atoms with Crippen molar-refractivity contribution in [3.05, 3.63) is 17.7 Å². The van der Waals surface area contributed by atoms with Gasteiger partial charge in [-0.15, -0.1) is 0 Å². The molecule has 230 valence electrons. The summed E-state index contributed by atoms with van der Waals surface area (Å²) in [6.07, 6.45) is 3.32. The van der Waals surface area contributed by atoms with E-state index in [1.54, 1.807) is 0 Å². The number of methoxy groups -OCH3 is 1. The van der Waals surface area contributed by atoms with Gasteiger partial charge in [0.05, 0.1) is 44.4 Å². The second-order valence-corrected chi connectivity index (χ2v) is 13.3. The summed E-state index contributed by atoms with van der Waals surface area (Å²) in [6, 6.07) is 0.929. The fourth-order valence-electron chi connectivity index (χ4n) is 6.53. The van der Waals surface area contributed by atoms with Crippen LogP contribution < -0.4 is 14.4 Å². The molecule has 0 radical (unpaired) electrons. The van der Waals surface area contributed by atoms with Crippen LogP contribution in [0.15, 0.2) is 6.07 Å². The molecule has 6 rings (SSSR count). The van der Waals surface area contributed by atoms with E-state index in [4.69, 9.17) is 23.9 Å². The fourth-order valence-corrected chi connectivity index (χ4v) is 6.53. The zero-order valence-corrected chi connectivity index (χ0v) is 25.1. The summed E-state index contributed by atoms with van der Waals surface area (Å²) in [5.41, 5.74) is -0.674. The molecular weight excluding hydrogens is 548 g/mol. The van der Waals surface area contributed by atoms with E-state index in [-0.39, 0.29) is 46.3 Å². The number of fused-ring (bicyclic) bond motifs is 3. The highest BCUT2D eigenvalue weighted by Crippen LogP contribution is 2.47. The maximum atomic E-state index is 15.3. The molecule has 0 spiro atoms. The second-order valence-electron chi connectivity index (χ2n) is 13.3. The summed E-state index contributed by atoms with van der Waals surface area (Å²) in [6.45, 7) is 12.2. The minimum absolute atomic E-state index is 0.0126. The molecule has 1 saturated carbocycles. The molecule has 10 nitrogen and oxygen atoms in total. The molecular formula is C30H41F2N5O5. The molecule has 2 bridgehead atoms. The number of hydrogen-bond donors (Lipinski definition) is 0. The molecule has 4 aliphatic rings. The van der Waals surface area contributed by atoms with E-state index in [0.29, 0.717) is 31.6 Å². The monoisotopic (exact) mass is 589 g/mol. The number of aromatic nitrogens is 2. The molecule has 4 heterocycles. The number of morpholine rings is 1. The first-order valence-electron chi connectivity index (χ1n) is 14.9. The van der Waals surface area contributed by atoms with Gasteiger partial charge in [0, 0.05) is 43.7 Å². The van der Waals surface area contributed by atoms with E-state index in [9.17, 15) is 9.18 Å². The van der Waals surface area contributed by atoms with Crippen molar-refractivity contribution in [1.29, 1.82) is 0 Å². The molecule has 3 atom stereocenters. The predicted octanol–water partition coefficient (Wildman–Crippen LogP) is 4.38. The summed E-state index contributed by atoms with van der Waals surface area (Å²) in [5, 5.41) is 0.163. The average molecular weight is 590 g/mol. The van der Waals surface area contributed by atoms with Gasteiger partial charge in [-0.25, -0.2) is 13.6 Å². The van der Waals surface area contributed by atoms with Crippen LogP contribution in [0.2, 0.25) is 0 Å². The summed E-state index contributed by atoms with van der Waals surface area (Å²) in [5.74, 6) is -1.41. The molecule has 4 fully saturated rings. The van der Waals surface area contributed by atoms with Gasteiger partial charge in [0.15, 0.2) is 17.4 Å². The number of anilines is 1. The lowest BCUT2D eigenvalue weighted by atomic mass is 10.1. The molecule has 42 heavy (non-hydrogen) atoms. The second kappa shape index (κ2) is 10.9. The average Bonchev–Trinajstić information content (AvgIpc) is 3.64. The third-order valence-corrected chi connectivity index (χ3v) is 8.89. The third kappa shape index (κ3) is 5.67. The van der Waals surface area contributed by atoms with E-state index >= 15 is 4.39 Å². The predicted molar refractivity (Wildman–Crippen MR) is 152 cm³/mol. The van der Waals surface area contributed by atoms with Crippen LogP contribution in [0.4, 0.5) is 19.4 Å². The Morgan fingerprint density at radius 3 is 2.48 bits per heavy atom. The van der Waals surface area contributed by atoms with Crippen molar-refractivity contribution in [3.63, 3.8) is 0 Å². The standard InChI is InChI=1S/C30H41F2N5O5/c1-18-15-40-11-10-35(18)16-30(8-9-30)17-41-27-33-24-21(31)12-22(32)25(39-5)23(24)26(34-27)36-13-19-6-7-20(14-36)37(19)28(38)42-29(2,3)4/h12,18-20H,6-11,13-17H2,1-5H3/t18-,19?,20?/m1/s1. The van der Waals surface area contributed by atoms with Crippen molar-refractivity contribution in [3.8, 4) is 11.8 Å². The molecule has 3 aliphatic heterocycles. The maximum Gasteiger partial charge on any atom is 0.410 e. The van der Waals surface area contributed by atoms with E-state index in [0.717, 1.165) is 58.1 Å². The summed E-state index contributed by atoms with van der Waals surface area (Å²) in [7, 11) is 1.34. The van der Waals surface area contributed by atoms with Gasteiger partial charge in [-0.1, -0.05) is 0 Å². The van der Waals surface area contributed by atoms with Gasteiger partial charge in [0.25, 0.3) is 0 Å². The van der Waals surface area contributed by atoms with Crippen molar-refractivity contribution < 1.29 is 32.5 Å². The van der Waals surface area contributed by atoms with Gasteiger partial charge < -0.3 is 23.8 Å². The molecule has 12 heteroatoms. The van der Waals surface area contributed by atoms with Gasteiger partial charge in [0.2, 0.25) is 0 Å². The van der Waals surface area contributed by atoms with Crippen molar-refractivity contribution in [2.24, 2.45) is 5.41 Å².